The van der Waals surface area contributed by atoms with E-state index >= 15 is 0 Å². The molecule has 1 aliphatic heterocycles. The molecule has 1 aromatic rings. The number of nitrogens with two attached hydrogens (primary N) is 1. The van der Waals surface area contributed by atoms with Crippen LogP contribution in [-0.2, 0) is 19.9 Å². The molecule has 0 saturated carbocycles. The fourth-order valence-electron chi connectivity index (χ4n) is 2.02. The summed E-state index contributed by atoms with van der Waals surface area (Å²) in [6, 6.07) is 1.39. The number of nitrogens with one attached hydrogen (secondary N) is 1. The van der Waals surface area contributed by atoms with Crippen LogP contribution in [0, 0.1) is 0 Å². The van der Waals surface area contributed by atoms with Crippen LogP contribution in [0.1, 0.15) is 6.42 Å². The summed E-state index contributed by atoms with van der Waals surface area (Å²) in [6.45, 7) is 0.0826. The van der Waals surface area contributed by atoms with Crippen LogP contribution in [0.5, 0.6) is 0 Å². The van der Waals surface area contributed by atoms with E-state index in [1.54, 1.807) is 0 Å². The van der Waals surface area contributed by atoms with Crippen molar-refractivity contribution >= 4 is 41.6 Å². The molecule has 21 heavy (non-hydrogen) atoms. The molecule has 8 nitrogen and oxygen atoms in total. The molecule has 0 bridgehead atoms. The van der Waals surface area contributed by atoms with Crippen LogP contribution in [0.3, 0.4) is 0 Å². The van der Waals surface area contributed by atoms with Crippen molar-refractivity contribution in [2.45, 2.75) is 11.3 Å². The Bertz CT molecular complexity index is 735. The highest BCUT2D eigenvalue weighted by molar-refractivity contribution is 9.10. The monoisotopic (exact) mass is 398 g/mol. The van der Waals surface area contributed by atoms with Gasteiger partial charge in [0.1, 0.15) is 4.90 Å². The summed E-state index contributed by atoms with van der Waals surface area (Å²) < 4.78 is 50.1. The van der Waals surface area contributed by atoms with E-state index in [1.165, 1.54) is 12.3 Å². The van der Waals surface area contributed by atoms with Crippen molar-refractivity contribution in [1.29, 1.82) is 0 Å². The third kappa shape index (κ3) is 3.72. The van der Waals surface area contributed by atoms with Crippen molar-refractivity contribution in [3.8, 4) is 0 Å². The summed E-state index contributed by atoms with van der Waals surface area (Å²) in [6.07, 6.45) is 1.69. The zero-order chi connectivity index (χ0) is 15.7. The van der Waals surface area contributed by atoms with Crippen LogP contribution in [0.2, 0.25) is 0 Å². The number of hydrogen-bond donors (Lipinski definition) is 2. The number of nitrogens with zero attached hydrogens (tertiary/aromatic N) is 2. The molecule has 0 radical (unpaired) electrons. The summed E-state index contributed by atoms with van der Waals surface area (Å²) in [5, 5.41) is 0. The van der Waals surface area contributed by atoms with Crippen molar-refractivity contribution in [2.24, 2.45) is 5.84 Å². The second-order valence-electron chi connectivity index (χ2n) is 4.55. The number of pyridine rings is 1. The topological polar surface area (TPSA) is 122 Å². The first-order valence-electron chi connectivity index (χ1n) is 6.09. The third-order valence-corrected chi connectivity index (χ3v) is 7.15. The Hall–Kier alpha value is -0.750. The number of hydrazine groups is 1. The number of halogens is 1. The molecule has 2 rings (SSSR count). The molecule has 1 aromatic heterocycles. The van der Waals surface area contributed by atoms with Crippen LogP contribution in [0.4, 0.5) is 5.82 Å². The maximum Gasteiger partial charge on any atom is 0.246 e. The fraction of sp³-hybridized carbons (Fsp3) is 0.500. The van der Waals surface area contributed by atoms with Gasteiger partial charge >= 0.3 is 0 Å². The van der Waals surface area contributed by atoms with E-state index in [9.17, 15) is 16.8 Å². The molecule has 0 aromatic carbocycles. The van der Waals surface area contributed by atoms with E-state index in [0.717, 1.165) is 4.31 Å². The second-order valence-corrected chi connectivity index (χ2v) is 9.68. The molecule has 1 fully saturated rings. The number of hydrogen-bond acceptors (Lipinski definition) is 7. The van der Waals surface area contributed by atoms with Gasteiger partial charge in [-0.1, -0.05) is 0 Å². The highest BCUT2D eigenvalue weighted by atomic mass is 79.9. The van der Waals surface area contributed by atoms with Gasteiger partial charge in [-0.3, -0.25) is 0 Å². The van der Waals surface area contributed by atoms with Crippen LogP contribution in [0.15, 0.2) is 21.6 Å². The zero-order valence-electron chi connectivity index (χ0n) is 11.0. The van der Waals surface area contributed by atoms with Gasteiger partial charge in [-0.2, -0.15) is 4.31 Å². The van der Waals surface area contributed by atoms with E-state index in [-0.39, 0.29) is 41.7 Å². The normalized spacial score (nSPS) is 19.9. The van der Waals surface area contributed by atoms with Gasteiger partial charge < -0.3 is 5.43 Å². The molecule has 11 heteroatoms. The Morgan fingerprint density at radius 1 is 1.33 bits per heavy atom. The Morgan fingerprint density at radius 3 is 2.71 bits per heavy atom. The Morgan fingerprint density at radius 2 is 2.05 bits per heavy atom. The predicted molar refractivity (Wildman–Crippen MR) is 81.8 cm³/mol. The van der Waals surface area contributed by atoms with E-state index in [0.29, 0.717) is 4.47 Å². The van der Waals surface area contributed by atoms with Crippen molar-refractivity contribution in [1.82, 2.24) is 9.29 Å². The van der Waals surface area contributed by atoms with Gasteiger partial charge in [0.25, 0.3) is 0 Å². The number of aromatic nitrogens is 1. The van der Waals surface area contributed by atoms with Crippen LogP contribution < -0.4 is 11.3 Å². The number of anilines is 1. The minimum Gasteiger partial charge on any atom is -0.307 e. The molecule has 0 unspecified atom stereocenters. The highest BCUT2D eigenvalue weighted by Gasteiger charge is 2.31. The van der Waals surface area contributed by atoms with E-state index < -0.39 is 19.9 Å². The van der Waals surface area contributed by atoms with Gasteiger partial charge in [-0.25, -0.2) is 27.7 Å². The molecule has 1 saturated heterocycles. The van der Waals surface area contributed by atoms with Gasteiger partial charge in [0.15, 0.2) is 15.7 Å². The summed E-state index contributed by atoms with van der Waals surface area (Å²) in [5.41, 5.74) is 2.24. The molecule has 0 aliphatic carbocycles. The SMILES string of the molecule is NNc1ncc(Br)cc1S(=O)(=O)N1CCCS(=O)(=O)CC1. The quantitative estimate of drug-likeness (QED) is 0.539. The molecule has 2 heterocycles. The molecule has 0 amide bonds. The largest absolute Gasteiger partial charge is 0.307 e. The average Bonchev–Trinajstić information content (AvgIpc) is 2.60. The van der Waals surface area contributed by atoms with Crippen molar-refractivity contribution in [3.05, 3.63) is 16.7 Å². The van der Waals surface area contributed by atoms with E-state index in [4.69, 9.17) is 5.84 Å². The summed E-state index contributed by atoms with van der Waals surface area (Å²) >= 11 is 3.17. The molecule has 0 spiro atoms. The standard InChI is InChI=1S/C10H15BrN4O4S2/c11-8-6-9(10(14-12)13-7-8)21(18,19)15-2-1-4-20(16,17)5-3-15/h6-7H,1-5,12H2,(H,13,14). The van der Waals surface area contributed by atoms with Gasteiger partial charge in [-0.05, 0) is 28.4 Å². The van der Waals surface area contributed by atoms with Crippen molar-refractivity contribution in [3.63, 3.8) is 0 Å². The summed E-state index contributed by atoms with van der Waals surface area (Å²) in [5.74, 6) is 5.13. The maximum absolute atomic E-state index is 12.7. The molecule has 118 valence electrons. The average molecular weight is 399 g/mol. The minimum atomic E-state index is -3.87. The van der Waals surface area contributed by atoms with Gasteiger partial charge in [0, 0.05) is 23.8 Å². The van der Waals surface area contributed by atoms with E-state index in [1.807, 2.05) is 0 Å². The lowest BCUT2D eigenvalue weighted by Gasteiger charge is -2.20. The number of sulfonamides is 1. The highest BCUT2D eigenvalue weighted by Crippen LogP contribution is 2.26. The lowest BCUT2D eigenvalue weighted by molar-refractivity contribution is 0.434. The number of sulfone groups is 1. The number of rotatable bonds is 3. The molecular formula is C10H15BrN4O4S2. The molecule has 3 N–H and O–H groups in total. The summed E-state index contributed by atoms with van der Waals surface area (Å²) in [7, 11) is -7.06. The smallest absolute Gasteiger partial charge is 0.246 e. The molecular weight excluding hydrogens is 384 g/mol. The first kappa shape index (κ1) is 16.6. The zero-order valence-corrected chi connectivity index (χ0v) is 14.2. The van der Waals surface area contributed by atoms with Crippen molar-refractivity contribution in [2.75, 3.05) is 30.0 Å². The first-order chi connectivity index (χ1) is 9.76. The predicted octanol–water partition coefficient (Wildman–Crippen LogP) is -0.0611. The van der Waals surface area contributed by atoms with Crippen LogP contribution in [0.25, 0.3) is 0 Å². The Labute approximate surface area is 131 Å². The van der Waals surface area contributed by atoms with Gasteiger partial charge in [0.05, 0.1) is 11.5 Å². The summed E-state index contributed by atoms with van der Waals surface area (Å²) in [4.78, 5) is 3.82. The fourth-order valence-corrected chi connectivity index (χ4v) is 5.50. The first-order valence-corrected chi connectivity index (χ1v) is 10.1. The van der Waals surface area contributed by atoms with Gasteiger partial charge in [0.2, 0.25) is 10.0 Å². The minimum absolute atomic E-state index is 0.00223. The second kappa shape index (κ2) is 6.16. The van der Waals surface area contributed by atoms with Crippen LogP contribution in [-0.4, -0.2) is 50.7 Å². The Balaban J connectivity index is 2.40. The molecule has 0 atom stereocenters. The number of nitrogen functional groups attached to an aromatic ring is 1. The Kier molecular flexibility index (Phi) is 4.88. The van der Waals surface area contributed by atoms with Crippen molar-refractivity contribution < 1.29 is 16.8 Å². The lowest BCUT2D eigenvalue weighted by Crippen LogP contribution is -2.34. The maximum atomic E-state index is 12.7. The van der Waals surface area contributed by atoms with Crippen LogP contribution >= 0.6 is 15.9 Å². The van der Waals surface area contributed by atoms with E-state index in [2.05, 4.69) is 26.3 Å². The third-order valence-electron chi connectivity index (χ3n) is 3.09. The van der Waals surface area contributed by atoms with Gasteiger partial charge in [-0.15, -0.1) is 0 Å². The lowest BCUT2D eigenvalue weighted by atomic mass is 10.5. The molecule has 1 aliphatic rings.